The standard InChI is InChI=1S/C15H15BrF2N2O/c1-9(2)20-8-10-3-4-19-14(5-10)21-13-7-11(16)6-12(17)15(13)18/h3-7,9,20H,8H2,1-2H3. The quantitative estimate of drug-likeness (QED) is 0.805. The van der Waals surface area contributed by atoms with Crippen LogP contribution in [0.15, 0.2) is 34.9 Å². The molecule has 0 fully saturated rings. The molecule has 0 radical (unpaired) electrons. The summed E-state index contributed by atoms with van der Waals surface area (Å²) in [6.07, 6.45) is 1.57. The first-order chi connectivity index (χ1) is 9.95. The predicted molar refractivity (Wildman–Crippen MR) is 80.3 cm³/mol. The highest BCUT2D eigenvalue weighted by Gasteiger charge is 2.13. The minimum atomic E-state index is -1.04. The van der Waals surface area contributed by atoms with Crippen LogP contribution in [0, 0.1) is 11.6 Å². The predicted octanol–water partition coefficient (Wildman–Crippen LogP) is 4.41. The van der Waals surface area contributed by atoms with Crippen LogP contribution >= 0.6 is 15.9 Å². The van der Waals surface area contributed by atoms with E-state index in [4.69, 9.17) is 4.74 Å². The lowest BCUT2D eigenvalue weighted by molar-refractivity contribution is 0.404. The molecule has 3 nitrogen and oxygen atoms in total. The van der Waals surface area contributed by atoms with Crippen LogP contribution in [0.25, 0.3) is 0 Å². The van der Waals surface area contributed by atoms with E-state index in [1.165, 1.54) is 6.07 Å². The normalized spacial score (nSPS) is 11.0. The molecule has 0 aliphatic heterocycles. The van der Waals surface area contributed by atoms with Crippen molar-refractivity contribution in [2.45, 2.75) is 26.4 Å². The molecule has 0 saturated heterocycles. The van der Waals surface area contributed by atoms with Gasteiger partial charge in [0.05, 0.1) is 0 Å². The molecule has 0 amide bonds. The average Bonchev–Trinajstić information content (AvgIpc) is 2.42. The summed E-state index contributed by atoms with van der Waals surface area (Å²) in [5.74, 6) is -2.00. The topological polar surface area (TPSA) is 34.2 Å². The number of nitrogens with one attached hydrogen (secondary N) is 1. The van der Waals surface area contributed by atoms with E-state index >= 15 is 0 Å². The highest BCUT2D eigenvalue weighted by atomic mass is 79.9. The molecular weight excluding hydrogens is 342 g/mol. The second kappa shape index (κ2) is 6.95. The molecule has 1 N–H and O–H groups in total. The zero-order valence-electron chi connectivity index (χ0n) is 11.7. The van der Waals surface area contributed by atoms with Gasteiger partial charge < -0.3 is 10.1 Å². The summed E-state index contributed by atoms with van der Waals surface area (Å²) in [6.45, 7) is 4.72. The van der Waals surface area contributed by atoms with Gasteiger partial charge in [0, 0.05) is 29.3 Å². The van der Waals surface area contributed by atoms with Gasteiger partial charge in [-0.3, -0.25) is 0 Å². The summed E-state index contributed by atoms with van der Waals surface area (Å²) in [6, 6.07) is 6.27. The van der Waals surface area contributed by atoms with E-state index in [0.717, 1.165) is 11.6 Å². The van der Waals surface area contributed by atoms with Crippen molar-refractivity contribution in [1.29, 1.82) is 0 Å². The first kappa shape index (κ1) is 15.9. The Hall–Kier alpha value is -1.53. The molecule has 2 rings (SSSR count). The monoisotopic (exact) mass is 356 g/mol. The van der Waals surface area contributed by atoms with Gasteiger partial charge >= 0.3 is 0 Å². The molecule has 0 saturated carbocycles. The lowest BCUT2D eigenvalue weighted by Crippen LogP contribution is -2.21. The molecule has 21 heavy (non-hydrogen) atoms. The fourth-order valence-corrected chi connectivity index (χ4v) is 2.07. The molecule has 6 heteroatoms. The van der Waals surface area contributed by atoms with Crippen LogP contribution in [-0.2, 0) is 6.54 Å². The number of halogens is 3. The Balaban J connectivity index is 2.18. The molecule has 0 bridgehead atoms. The van der Waals surface area contributed by atoms with Gasteiger partial charge in [0.25, 0.3) is 0 Å². The summed E-state index contributed by atoms with van der Waals surface area (Å²) < 4.78 is 32.7. The summed E-state index contributed by atoms with van der Waals surface area (Å²) >= 11 is 3.10. The lowest BCUT2D eigenvalue weighted by Gasteiger charge is -2.10. The number of hydrogen-bond donors (Lipinski definition) is 1. The maximum absolute atomic E-state index is 13.7. The van der Waals surface area contributed by atoms with Crippen LogP contribution < -0.4 is 10.1 Å². The van der Waals surface area contributed by atoms with Crippen molar-refractivity contribution in [2.75, 3.05) is 0 Å². The van der Waals surface area contributed by atoms with Crippen molar-refractivity contribution >= 4 is 15.9 Å². The zero-order chi connectivity index (χ0) is 15.4. The van der Waals surface area contributed by atoms with Crippen molar-refractivity contribution < 1.29 is 13.5 Å². The van der Waals surface area contributed by atoms with Crippen LogP contribution in [0.3, 0.4) is 0 Å². The van der Waals surface area contributed by atoms with Gasteiger partial charge in [0.15, 0.2) is 11.6 Å². The summed E-state index contributed by atoms with van der Waals surface area (Å²) in [4.78, 5) is 4.01. The molecule has 0 aliphatic rings. The maximum Gasteiger partial charge on any atom is 0.219 e. The molecule has 1 aromatic heterocycles. The van der Waals surface area contributed by atoms with E-state index in [1.807, 2.05) is 19.9 Å². The summed E-state index contributed by atoms with van der Waals surface area (Å²) in [7, 11) is 0. The fraction of sp³-hybridized carbons (Fsp3) is 0.267. The van der Waals surface area contributed by atoms with E-state index in [0.29, 0.717) is 17.1 Å². The Morgan fingerprint density at radius 1 is 1.29 bits per heavy atom. The van der Waals surface area contributed by atoms with E-state index < -0.39 is 11.6 Å². The fourth-order valence-electron chi connectivity index (χ4n) is 1.66. The molecule has 1 heterocycles. The highest BCUT2D eigenvalue weighted by molar-refractivity contribution is 9.10. The first-order valence-electron chi connectivity index (χ1n) is 6.46. The number of nitrogens with zero attached hydrogens (tertiary/aromatic N) is 1. The number of ether oxygens (including phenoxy) is 1. The Labute approximate surface area is 130 Å². The Kier molecular flexibility index (Phi) is 5.25. The van der Waals surface area contributed by atoms with Crippen molar-refractivity contribution in [3.05, 3.63) is 52.1 Å². The van der Waals surface area contributed by atoms with Gasteiger partial charge in [-0.15, -0.1) is 0 Å². The minimum Gasteiger partial charge on any atom is -0.436 e. The van der Waals surface area contributed by atoms with Crippen LogP contribution in [0.5, 0.6) is 11.6 Å². The maximum atomic E-state index is 13.7. The smallest absolute Gasteiger partial charge is 0.219 e. The number of aromatic nitrogens is 1. The average molecular weight is 357 g/mol. The van der Waals surface area contributed by atoms with Gasteiger partial charge in [0.2, 0.25) is 11.7 Å². The first-order valence-corrected chi connectivity index (χ1v) is 7.25. The van der Waals surface area contributed by atoms with Crippen LogP contribution in [-0.4, -0.2) is 11.0 Å². The van der Waals surface area contributed by atoms with E-state index in [2.05, 4.69) is 26.2 Å². The van der Waals surface area contributed by atoms with Crippen molar-refractivity contribution in [2.24, 2.45) is 0 Å². The second-order valence-corrected chi connectivity index (χ2v) is 5.76. The molecule has 112 valence electrons. The van der Waals surface area contributed by atoms with Crippen molar-refractivity contribution in [3.8, 4) is 11.6 Å². The zero-order valence-corrected chi connectivity index (χ0v) is 13.2. The summed E-state index contributed by atoms with van der Waals surface area (Å²) in [5.41, 5.74) is 0.949. The number of benzene rings is 1. The number of rotatable bonds is 5. The highest BCUT2D eigenvalue weighted by Crippen LogP contribution is 2.29. The van der Waals surface area contributed by atoms with Gasteiger partial charge in [-0.05, 0) is 23.8 Å². The molecule has 0 spiro atoms. The summed E-state index contributed by atoms with van der Waals surface area (Å²) in [5, 5.41) is 3.26. The van der Waals surface area contributed by atoms with Gasteiger partial charge in [-0.25, -0.2) is 9.37 Å². The third-order valence-corrected chi connectivity index (χ3v) is 3.15. The Bertz CT molecular complexity index is 635. The Morgan fingerprint density at radius 2 is 2.05 bits per heavy atom. The number of pyridine rings is 1. The molecule has 2 aromatic rings. The third-order valence-electron chi connectivity index (χ3n) is 2.69. The SMILES string of the molecule is CC(C)NCc1ccnc(Oc2cc(Br)cc(F)c2F)c1. The van der Waals surface area contributed by atoms with Crippen molar-refractivity contribution in [3.63, 3.8) is 0 Å². The Morgan fingerprint density at radius 3 is 2.76 bits per heavy atom. The van der Waals surface area contributed by atoms with E-state index in [1.54, 1.807) is 12.3 Å². The number of hydrogen-bond acceptors (Lipinski definition) is 3. The third kappa shape index (κ3) is 4.47. The molecule has 0 aliphatic carbocycles. The largest absolute Gasteiger partial charge is 0.436 e. The molecule has 1 aromatic carbocycles. The molecular formula is C15H15BrF2N2O. The van der Waals surface area contributed by atoms with Crippen LogP contribution in [0.1, 0.15) is 19.4 Å². The second-order valence-electron chi connectivity index (χ2n) is 4.84. The molecule has 0 atom stereocenters. The minimum absolute atomic E-state index is 0.205. The van der Waals surface area contributed by atoms with E-state index in [9.17, 15) is 8.78 Å². The van der Waals surface area contributed by atoms with Crippen molar-refractivity contribution in [1.82, 2.24) is 10.3 Å². The van der Waals surface area contributed by atoms with Gasteiger partial charge in [0.1, 0.15) is 0 Å². The lowest BCUT2D eigenvalue weighted by atomic mass is 10.2. The van der Waals surface area contributed by atoms with Gasteiger partial charge in [-0.1, -0.05) is 29.8 Å². The van der Waals surface area contributed by atoms with Crippen LogP contribution in [0.4, 0.5) is 8.78 Å². The van der Waals surface area contributed by atoms with E-state index in [-0.39, 0.29) is 11.6 Å². The van der Waals surface area contributed by atoms with Gasteiger partial charge in [-0.2, -0.15) is 4.39 Å². The van der Waals surface area contributed by atoms with Crippen LogP contribution in [0.2, 0.25) is 0 Å². The molecule has 0 unspecified atom stereocenters.